The van der Waals surface area contributed by atoms with Gasteiger partial charge in [0, 0.05) is 0 Å². The zero-order chi connectivity index (χ0) is 10.4. The van der Waals surface area contributed by atoms with Crippen LogP contribution >= 0.6 is 0 Å². The molecule has 1 aromatic heterocycles. The van der Waals surface area contributed by atoms with Crippen molar-refractivity contribution in [2.24, 2.45) is 5.90 Å². The van der Waals surface area contributed by atoms with Crippen molar-refractivity contribution in [1.29, 1.82) is 0 Å². The smallest absolute Gasteiger partial charge is 0.327 e. The summed E-state index contributed by atoms with van der Waals surface area (Å²) in [6.45, 7) is 2.31. The quantitative estimate of drug-likeness (QED) is 0.495. The average molecular weight is 200 g/mol. The molecule has 0 aliphatic heterocycles. The summed E-state index contributed by atoms with van der Waals surface area (Å²) in [4.78, 5) is 15.4. The lowest BCUT2D eigenvalue weighted by Crippen LogP contribution is -2.13. The topological polar surface area (TPSA) is 92.3 Å². The maximum atomic E-state index is 11.0. The fourth-order valence-corrected chi connectivity index (χ4v) is 0.906. The van der Waals surface area contributed by atoms with Gasteiger partial charge in [-0.1, -0.05) is 5.21 Å². The van der Waals surface area contributed by atoms with Gasteiger partial charge < -0.3 is 4.74 Å². The second-order valence-corrected chi connectivity index (χ2v) is 2.52. The number of aromatic nitrogens is 3. The Bertz CT molecular complexity index is 299. The van der Waals surface area contributed by atoms with Crippen LogP contribution in [0.2, 0.25) is 0 Å². The van der Waals surface area contributed by atoms with Crippen molar-refractivity contribution in [3.05, 3.63) is 11.9 Å². The van der Waals surface area contributed by atoms with E-state index in [1.165, 1.54) is 4.68 Å². The van der Waals surface area contributed by atoms with Crippen LogP contribution in [-0.2, 0) is 27.5 Å². The van der Waals surface area contributed by atoms with Crippen molar-refractivity contribution >= 4 is 5.97 Å². The fourth-order valence-electron chi connectivity index (χ4n) is 0.906. The normalized spacial score (nSPS) is 10.1. The van der Waals surface area contributed by atoms with Crippen LogP contribution in [0.25, 0.3) is 0 Å². The van der Waals surface area contributed by atoms with Crippen LogP contribution in [0, 0.1) is 0 Å². The number of nitrogens with zero attached hydrogens (tertiary/aromatic N) is 3. The van der Waals surface area contributed by atoms with E-state index in [0.29, 0.717) is 12.3 Å². The average Bonchev–Trinajstić information content (AvgIpc) is 2.53. The van der Waals surface area contributed by atoms with Crippen LogP contribution in [-0.4, -0.2) is 27.6 Å². The van der Waals surface area contributed by atoms with Gasteiger partial charge in [-0.2, -0.15) is 0 Å². The first-order valence-corrected chi connectivity index (χ1v) is 4.12. The highest BCUT2D eigenvalue weighted by Crippen LogP contribution is 1.94. The second kappa shape index (κ2) is 5.30. The van der Waals surface area contributed by atoms with E-state index >= 15 is 0 Å². The van der Waals surface area contributed by atoms with Crippen LogP contribution in [0.4, 0.5) is 0 Å². The monoisotopic (exact) mass is 200 g/mol. The molecule has 0 saturated heterocycles. The van der Waals surface area contributed by atoms with Crippen LogP contribution in [0.15, 0.2) is 6.20 Å². The first-order chi connectivity index (χ1) is 6.76. The molecule has 1 heterocycles. The summed E-state index contributed by atoms with van der Waals surface area (Å²) in [5, 5.41) is 7.41. The molecule has 14 heavy (non-hydrogen) atoms. The maximum absolute atomic E-state index is 11.0. The third kappa shape index (κ3) is 3.11. The number of rotatable bonds is 5. The van der Waals surface area contributed by atoms with E-state index in [4.69, 9.17) is 10.6 Å². The Hall–Kier alpha value is -1.47. The zero-order valence-electron chi connectivity index (χ0n) is 7.84. The molecule has 7 nitrogen and oxygen atoms in total. The molecule has 7 heteroatoms. The standard InChI is InChI=1S/C7H12N4O3/c1-2-13-7(12)4-11-3-6(5-14-8)9-10-11/h3H,2,4-5,8H2,1H3. The molecule has 0 aliphatic rings. The first kappa shape index (κ1) is 10.6. The number of ether oxygens (including phenoxy) is 1. The summed E-state index contributed by atoms with van der Waals surface area (Å²) in [5.41, 5.74) is 0.566. The number of hydrogen-bond donors (Lipinski definition) is 1. The molecule has 1 aromatic rings. The summed E-state index contributed by atoms with van der Waals surface area (Å²) < 4.78 is 6.10. The molecular formula is C7H12N4O3. The van der Waals surface area contributed by atoms with E-state index < -0.39 is 0 Å². The highest BCUT2D eigenvalue weighted by molar-refractivity contribution is 5.68. The van der Waals surface area contributed by atoms with E-state index in [1.807, 2.05) is 0 Å². The molecule has 0 aromatic carbocycles. The number of esters is 1. The van der Waals surface area contributed by atoms with Crippen molar-refractivity contribution < 1.29 is 14.4 Å². The van der Waals surface area contributed by atoms with Gasteiger partial charge in [0.2, 0.25) is 0 Å². The van der Waals surface area contributed by atoms with Crippen molar-refractivity contribution in [3.63, 3.8) is 0 Å². The molecule has 0 aliphatic carbocycles. The Labute approximate surface area is 80.7 Å². The summed E-state index contributed by atoms with van der Waals surface area (Å²) in [6, 6.07) is 0. The Morgan fingerprint density at radius 1 is 1.71 bits per heavy atom. The molecule has 0 saturated carbocycles. The molecular weight excluding hydrogens is 188 g/mol. The molecule has 0 spiro atoms. The van der Waals surface area contributed by atoms with Crippen molar-refractivity contribution in [3.8, 4) is 0 Å². The molecule has 1 rings (SSSR count). The Kier molecular flexibility index (Phi) is 4.02. The fraction of sp³-hybridized carbons (Fsp3) is 0.571. The molecule has 0 atom stereocenters. The zero-order valence-corrected chi connectivity index (χ0v) is 7.84. The Morgan fingerprint density at radius 3 is 3.14 bits per heavy atom. The SMILES string of the molecule is CCOC(=O)Cn1cc(CON)nn1. The van der Waals surface area contributed by atoms with Crippen LogP contribution < -0.4 is 5.90 Å². The number of carbonyl (C=O) groups excluding carboxylic acids is 1. The number of carbonyl (C=O) groups is 1. The summed E-state index contributed by atoms with van der Waals surface area (Å²) in [6.07, 6.45) is 1.57. The number of hydrogen-bond acceptors (Lipinski definition) is 6. The first-order valence-electron chi connectivity index (χ1n) is 4.12. The van der Waals surface area contributed by atoms with Gasteiger partial charge in [-0.15, -0.1) is 5.10 Å². The van der Waals surface area contributed by atoms with Crippen LogP contribution in [0.5, 0.6) is 0 Å². The highest BCUT2D eigenvalue weighted by Gasteiger charge is 2.05. The summed E-state index contributed by atoms with van der Waals surface area (Å²) in [7, 11) is 0. The lowest BCUT2D eigenvalue weighted by atomic mass is 10.5. The van der Waals surface area contributed by atoms with Gasteiger partial charge >= 0.3 is 5.97 Å². The second-order valence-electron chi connectivity index (χ2n) is 2.52. The molecule has 0 radical (unpaired) electrons. The molecule has 0 bridgehead atoms. The van der Waals surface area contributed by atoms with Gasteiger partial charge in [-0.3, -0.25) is 9.63 Å². The number of nitrogens with two attached hydrogens (primary N) is 1. The van der Waals surface area contributed by atoms with Crippen molar-refractivity contribution in [2.45, 2.75) is 20.1 Å². The van der Waals surface area contributed by atoms with E-state index in [2.05, 4.69) is 15.1 Å². The highest BCUT2D eigenvalue weighted by atomic mass is 16.6. The molecule has 0 fully saturated rings. The van der Waals surface area contributed by atoms with Crippen molar-refractivity contribution in [2.75, 3.05) is 6.61 Å². The Balaban J connectivity index is 2.46. The maximum Gasteiger partial charge on any atom is 0.327 e. The van der Waals surface area contributed by atoms with E-state index in [0.717, 1.165) is 0 Å². The lowest BCUT2D eigenvalue weighted by Gasteiger charge is -1.99. The molecule has 78 valence electrons. The minimum Gasteiger partial charge on any atom is -0.465 e. The van der Waals surface area contributed by atoms with Gasteiger partial charge in [0.25, 0.3) is 0 Å². The largest absolute Gasteiger partial charge is 0.465 e. The predicted molar refractivity (Wildman–Crippen MR) is 45.6 cm³/mol. The molecule has 0 unspecified atom stereocenters. The van der Waals surface area contributed by atoms with Gasteiger partial charge in [0.15, 0.2) is 0 Å². The van der Waals surface area contributed by atoms with E-state index in [1.54, 1.807) is 13.1 Å². The van der Waals surface area contributed by atoms with Gasteiger partial charge in [0.05, 0.1) is 12.8 Å². The van der Waals surface area contributed by atoms with Crippen LogP contribution in [0.3, 0.4) is 0 Å². The van der Waals surface area contributed by atoms with Gasteiger partial charge in [0.1, 0.15) is 18.8 Å². The third-order valence-electron chi connectivity index (χ3n) is 1.41. The molecule has 0 amide bonds. The Morgan fingerprint density at radius 2 is 2.50 bits per heavy atom. The van der Waals surface area contributed by atoms with Crippen LogP contribution in [0.1, 0.15) is 12.6 Å². The minimum atomic E-state index is -0.349. The van der Waals surface area contributed by atoms with Gasteiger partial charge in [-0.25, -0.2) is 10.6 Å². The van der Waals surface area contributed by atoms with Gasteiger partial charge in [-0.05, 0) is 6.92 Å². The third-order valence-corrected chi connectivity index (χ3v) is 1.41. The van der Waals surface area contributed by atoms with Crippen molar-refractivity contribution in [1.82, 2.24) is 15.0 Å². The predicted octanol–water partition coefficient (Wildman–Crippen LogP) is -0.768. The lowest BCUT2D eigenvalue weighted by molar-refractivity contribution is -0.144. The summed E-state index contributed by atoms with van der Waals surface area (Å²) in [5.74, 6) is 4.50. The van der Waals surface area contributed by atoms with E-state index in [-0.39, 0.29) is 19.1 Å². The minimum absolute atomic E-state index is 0.0470. The summed E-state index contributed by atoms with van der Waals surface area (Å²) >= 11 is 0. The van der Waals surface area contributed by atoms with E-state index in [9.17, 15) is 4.79 Å². The molecule has 2 N–H and O–H groups in total.